The average Bonchev–Trinajstić information content (AvgIpc) is 3.12. The molecule has 1 aliphatic rings. The highest BCUT2D eigenvalue weighted by Gasteiger charge is 2.30. The van der Waals surface area contributed by atoms with Crippen molar-refractivity contribution in [1.82, 2.24) is 4.90 Å². The second-order valence-corrected chi connectivity index (χ2v) is 6.31. The number of rotatable bonds is 2. The first-order chi connectivity index (χ1) is 10.1. The molecule has 1 aromatic carbocycles. The molecule has 2 heterocycles. The zero-order valence-corrected chi connectivity index (χ0v) is 12.8. The SMILES string of the molecule is O=C(Nc1ccc(F)c(Cl)c1)N1CCCC1c1cccs1. The lowest BCUT2D eigenvalue weighted by Crippen LogP contribution is -2.34. The minimum absolute atomic E-state index is 0.00373. The molecular formula is C15H14ClFN2OS. The van der Waals surface area contributed by atoms with Gasteiger partial charge in [0, 0.05) is 17.1 Å². The maximum Gasteiger partial charge on any atom is 0.322 e. The molecule has 1 saturated heterocycles. The van der Waals surface area contributed by atoms with E-state index in [0.29, 0.717) is 5.69 Å². The zero-order chi connectivity index (χ0) is 14.8. The number of thiophene rings is 1. The van der Waals surface area contributed by atoms with Crippen LogP contribution in [0.1, 0.15) is 23.8 Å². The molecule has 3 nitrogen and oxygen atoms in total. The maximum absolute atomic E-state index is 13.1. The first kappa shape index (κ1) is 14.4. The Balaban J connectivity index is 1.73. The third kappa shape index (κ3) is 3.04. The number of amides is 2. The van der Waals surface area contributed by atoms with Crippen molar-refractivity contribution in [2.75, 3.05) is 11.9 Å². The highest BCUT2D eigenvalue weighted by atomic mass is 35.5. The van der Waals surface area contributed by atoms with Crippen molar-refractivity contribution in [2.45, 2.75) is 18.9 Å². The minimum atomic E-state index is -0.493. The fraction of sp³-hybridized carbons (Fsp3) is 0.267. The van der Waals surface area contributed by atoms with E-state index >= 15 is 0 Å². The molecule has 1 aliphatic heterocycles. The van der Waals surface area contributed by atoms with Crippen LogP contribution in [0.25, 0.3) is 0 Å². The molecule has 1 aromatic heterocycles. The monoisotopic (exact) mass is 324 g/mol. The van der Waals surface area contributed by atoms with E-state index in [1.165, 1.54) is 23.1 Å². The molecule has 0 aliphatic carbocycles. The number of likely N-dealkylation sites (tertiary alicyclic amines) is 1. The van der Waals surface area contributed by atoms with Crippen molar-refractivity contribution >= 4 is 34.7 Å². The van der Waals surface area contributed by atoms with Crippen LogP contribution in [0.4, 0.5) is 14.9 Å². The summed E-state index contributed by atoms with van der Waals surface area (Å²) in [5, 5.41) is 4.81. The summed E-state index contributed by atoms with van der Waals surface area (Å²) in [7, 11) is 0. The number of halogens is 2. The van der Waals surface area contributed by atoms with Crippen molar-refractivity contribution in [2.24, 2.45) is 0 Å². The molecule has 21 heavy (non-hydrogen) atoms. The van der Waals surface area contributed by atoms with Crippen LogP contribution < -0.4 is 5.32 Å². The van der Waals surface area contributed by atoms with Crippen molar-refractivity contribution < 1.29 is 9.18 Å². The number of hydrogen-bond donors (Lipinski definition) is 1. The lowest BCUT2D eigenvalue weighted by atomic mass is 10.2. The smallest absolute Gasteiger partial charge is 0.317 e. The molecule has 0 spiro atoms. The Morgan fingerprint density at radius 1 is 1.43 bits per heavy atom. The number of benzene rings is 1. The molecule has 1 atom stereocenters. The Morgan fingerprint density at radius 3 is 3.00 bits per heavy atom. The fourth-order valence-electron chi connectivity index (χ4n) is 2.56. The van der Waals surface area contributed by atoms with E-state index in [2.05, 4.69) is 11.4 Å². The molecule has 0 saturated carbocycles. The predicted octanol–water partition coefficient (Wildman–Crippen LogP) is 4.91. The third-order valence-corrected chi connectivity index (χ3v) is 4.82. The van der Waals surface area contributed by atoms with E-state index in [9.17, 15) is 9.18 Å². The topological polar surface area (TPSA) is 32.3 Å². The Bertz CT molecular complexity index is 647. The summed E-state index contributed by atoms with van der Waals surface area (Å²) in [6.07, 6.45) is 1.96. The normalized spacial score (nSPS) is 18.0. The standard InChI is InChI=1S/C15H14ClFN2OS/c16-11-9-10(5-6-12(11)17)18-15(20)19-7-1-3-13(19)14-4-2-8-21-14/h2,4-6,8-9,13H,1,3,7H2,(H,18,20). The van der Waals surface area contributed by atoms with Gasteiger partial charge in [-0.15, -0.1) is 11.3 Å². The molecule has 2 aromatic rings. The van der Waals surface area contributed by atoms with Crippen molar-refractivity contribution in [3.63, 3.8) is 0 Å². The summed E-state index contributed by atoms with van der Waals surface area (Å²) in [5.41, 5.74) is 0.503. The van der Waals surface area contributed by atoms with Gasteiger partial charge in [-0.2, -0.15) is 0 Å². The van der Waals surface area contributed by atoms with Crippen molar-refractivity contribution in [3.8, 4) is 0 Å². The largest absolute Gasteiger partial charge is 0.322 e. The van der Waals surface area contributed by atoms with E-state index < -0.39 is 5.82 Å². The number of carbonyl (C=O) groups is 1. The van der Waals surface area contributed by atoms with E-state index in [-0.39, 0.29) is 17.1 Å². The van der Waals surface area contributed by atoms with Crippen molar-refractivity contribution in [3.05, 3.63) is 51.4 Å². The van der Waals surface area contributed by atoms with Gasteiger partial charge in [0.1, 0.15) is 5.82 Å². The second-order valence-electron chi connectivity index (χ2n) is 4.93. The predicted molar refractivity (Wildman–Crippen MR) is 83.4 cm³/mol. The van der Waals surface area contributed by atoms with Gasteiger partial charge in [-0.3, -0.25) is 0 Å². The van der Waals surface area contributed by atoms with Crippen LogP contribution in [0.2, 0.25) is 5.02 Å². The van der Waals surface area contributed by atoms with E-state index in [0.717, 1.165) is 19.4 Å². The molecule has 2 amide bonds. The molecule has 6 heteroatoms. The van der Waals surface area contributed by atoms with Crippen LogP contribution >= 0.6 is 22.9 Å². The van der Waals surface area contributed by atoms with Gasteiger partial charge in [0.2, 0.25) is 0 Å². The Labute approximate surface area is 131 Å². The maximum atomic E-state index is 13.1. The summed E-state index contributed by atoms with van der Waals surface area (Å²) < 4.78 is 13.1. The minimum Gasteiger partial charge on any atom is -0.317 e. The lowest BCUT2D eigenvalue weighted by Gasteiger charge is -2.24. The molecule has 0 bridgehead atoms. The quantitative estimate of drug-likeness (QED) is 0.836. The van der Waals surface area contributed by atoms with Gasteiger partial charge in [0.05, 0.1) is 11.1 Å². The number of carbonyl (C=O) groups excluding carboxylic acids is 1. The Kier molecular flexibility index (Phi) is 4.12. The molecule has 1 N–H and O–H groups in total. The van der Waals surface area contributed by atoms with Crippen LogP contribution in [0.3, 0.4) is 0 Å². The molecule has 0 radical (unpaired) electrons. The van der Waals surface area contributed by atoms with Gasteiger partial charge in [-0.1, -0.05) is 17.7 Å². The highest BCUT2D eigenvalue weighted by molar-refractivity contribution is 7.10. The second kappa shape index (κ2) is 6.03. The van der Waals surface area contributed by atoms with Gasteiger partial charge >= 0.3 is 6.03 Å². The van der Waals surface area contributed by atoms with Crippen LogP contribution in [-0.4, -0.2) is 17.5 Å². The van der Waals surface area contributed by atoms with Crippen LogP contribution in [0.15, 0.2) is 35.7 Å². The molecular weight excluding hydrogens is 311 g/mol. The molecule has 3 rings (SSSR count). The lowest BCUT2D eigenvalue weighted by molar-refractivity contribution is 0.208. The number of hydrogen-bond acceptors (Lipinski definition) is 2. The van der Waals surface area contributed by atoms with Gasteiger partial charge in [0.15, 0.2) is 0 Å². The van der Waals surface area contributed by atoms with Crippen molar-refractivity contribution in [1.29, 1.82) is 0 Å². The number of urea groups is 1. The van der Waals surface area contributed by atoms with Crippen LogP contribution in [-0.2, 0) is 0 Å². The summed E-state index contributed by atoms with van der Waals surface area (Å²) in [6, 6.07) is 8.18. The van der Waals surface area contributed by atoms with Crippen LogP contribution in [0.5, 0.6) is 0 Å². The summed E-state index contributed by atoms with van der Waals surface area (Å²) in [4.78, 5) is 15.4. The van der Waals surface area contributed by atoms with E-state index in [4.69, 9.17) is 11.6 Å². The summed E-state index contributed by atoms with van der Waals surface area (Å²) in [6.45, 7) is 0.726. The van der Waals surface area contributed by atoms with Gasteiger partial charge in [-0.05, 0) is 42.5 Å². The first-order valence-electron chi connectivity index (χ1n) is 6.71. The van der Waals surface area contributed by atoms with Crippen LogP contribution in [0, 0.1) is 5.82 Å². The summed E-state index contributed by atoms with van der Waals surface area (Å²) >= 11 is 7.39. The van der Waals surface area contributed by atoms with E-state index in [1.807, 2.05) is 16.3 Å². The fourth-order valence-corrected chi connectivity index (χ4v) is 3.61. The molecule has 1 unspecified atom stereocenters. The number of anilines is 1. The first-order valence-corrected chi connectivity index (χ1v) is 7.97. The third-order valence-electron chi connectivity index (χ3n) is 3.56. The zero-order valence-electron chi connectivity index (χ0n) is 11.2. The summed E-state index contributed by atoms with van der Waals surface area (Å²) in [5.74, 6) is -0.493. The number of nitrogens with zero attached hydrogens (tertiary/aromatic N) is 1. The van der Waals surface area contributed by atoms with Gasteiger partial charge in [-0.25, -0.2) is 9.18 Å². The molecule has 110 valence electrons. The number of nitrogens with one attached hydrogen (secondary N) is 1. The Hall–Kier alpha value is -1.59. The van der Waals surface area contributed by atoms with Gasteiger partial charge in [0.25, 0.3) is 0 Å². The van der Waals surface area contributed by atoms with Gasteiger partial charge < -0.3 is 10.2 Å². The molecule has 1 fully saturated rings. The Morgan fingerprint density at radius 2 is 2.29 bits per heavy atom. The average molecular weight is 325 g/mol. The highest BCUT2D eigenvalue weighted by Crippen LogP contribution is 2.34. The van der Waals surface area contributed by atoms with E-state index in [1.54, 1.807) is 11.3 Å².